The van der Waals surface area contributed by atoms with Gasteiger partial charge in [-0.25, -0.2) is 0 Å². The van der Waals surface area contributed by atoms with E-state index in [2.05, 4.69) is 55.8 Å². The second-order valence-electron chi connectivity index (χ2n) is 13.0. The number of fused-ring (bicyclic) bond motifs is 1. The molecule has 45 heavy (non-hydrogen) atoms. The van der Waals surface area contributed by atoms with E-state index in [1.165, 1.54) is 24.0 Å². The van der Waals surface area contributed by atoms with Crippen LogP contribution in [0.1, 0.15) is 92.9 Å². The third kappa shape index (κ3) is 7.42. The van der Waals surface area contributed by atoms with Gasteiger partial charge in [-0.05, 0) is 110 Å². The van der Waals surface area contributed by atoms with Gasteiger partial charge in [0.25, 0.3) is 0 Å². The van der Waals surface area contributed by atoms with E-state index >= 15 is 0 Å². The summed E-state index contributed by atoms with van der Waals surface area (Å²) in [6.45, 7) is 14.4. The Balaban J connectivity index is 1.24. The van der Waals surface area contributed by atoms with Gasteiger partial charge in [0.05, 0.1) is 21.3 Å². The number of nitrogens with zero attached hydrogens (tertiary/aromatic N) is 1. The van der Waals surface area contributed by atoms with Gasteiger partial charge in [-0.2, -0.15) is 0 Å². The maximum Gasteiger partial charge on any atom is 0.184 e. The summed E-state index contributed by atoms with van der Waals surface area (Å²) in [4.78, 5) is 2.54. The minimum absolute atomic E-state index is 0.148. The molecule has 0 spiro atoms. The summed E-state index contributed by atoms with van der Waals surface area (Å²) >= 11 is 0. The molecule has 5 rings (SSSR count). The van der Waals surface area contributed by atoms with E-state index in [-0.39, 0.29) is 5.41 Å². The van der Waals surface area contributed by atoms with Crippen molar-refractivity contribution in [2.75, 3.05) is 46.3 Å². The van der Waals surface area contributed by atoms with Crippen LogP contribution in [0.5, 0.6) is 17.2 Å². The number of rotatable bonds is 13. The number of hydrogen-bond donors (Lipinski definition) is 2. The van der Waals surface area contributed by atoms with Crippen LogP contribution in [0.2, 0.25) is 0 Å². The van der Waals surface area contributed by atoms with E-state index in [4.69, 9.17) is 18.6 Å². The molecule has 3 aromatic rings. The van der Waals surface area contributed by atoms with Crippen LogP contribution < -0.4 is 19.5 Å². The lowest BCUT2D eigenvalue weighted by Gasteiger charge is -2.28. The molecule has 1 aliphatic carbocycles. The lowest BCUT2D eigenvalue weighted by atomic mass is 9.85. The highest BCUT2D eigenvalue weighted by molar-refractivity contribution is 5.75. The van der Waals surface area contributed by atoms with Crippen molar-refractivity contribution < 1.29 is 23.7 Å². The number of nitrogens with one attached hydrogen (secondary N) is 1. The predicted octanol–water partition coefficient (Wildman–Crippen LogP) is 8.06. The van der Waals surface area contributed by atoms with Gasteiger partial charge in [0.1, 0.15) is 28.7 Å². The molecule has 1 fully saturated rings. The van der Waals surface area contributed by atoms with E-state index in [9.17, 15) is 5.11 Å². The van der Waals surface area contributed by atoms with Crippen LogP contribution in [0.25, 0.3) is 5.57 Å². The number of methoxy groups -OCH3 is 3. The molecule has 1 atom stereocenters. The molecule has 7 nitrogen and oxygen atoms in total. The average Bonchev–Trinajstić information content (AvgIpc) is 3.64. The van der Waals surface area contributed by atoms with Gasteiger partial charge < -0.3 is 34.0 Å². The molecule has 1 unspecified atom stereocenters. The van der Waals surface area contributed by atoms with Crippen molar-refractivity contribution in [2.45, 2.75) is 77.4 Å². The van der Waals surface area contributed by atoms with Crippen molar-refractivity contribution in [2.24, 2.45) is 0 Å². The zero-order valence-electron chi connectivity index (χ0n) is 27.9. The maximum atomic E-state index is 11.2. The number of ether oxygens (including phenoxy) is 3. The quantitative estimate of drug-likeness (QED) is 0.149. The van der Waals surface area contributed by atoms with Crippen molar-refractivity contribution >= 4 is 11.3 Å². The number of aliphatic hydroxyl groups is 1. The number of furan rings is 1. The summed E-state index contributed by atoms with van der Waals surface area (Å²) in [6, 6.07) is 12.0. The summed E-state index contributed by atoms with van der Waals surface area (Å²) in [6.07, 6.45) is 8.20. The second-order valence-corrected chi connectivity index (χ2v) is 13.0. The van der Waals surface area contributed by atoms with Crippen LogP contribution >= 0.6 is 0 Å². The van der Waals surface area contributed by atoms with E-state index in [0.717, 1.165) is 73.5 Å². The molecule has 0 radical (unpaired) electrons. The summed E-state index contributed by atoms with van der Waals surface area (Å²) < 4.78 is 23.4. The maximum absolute atomic E-state index is 11.2. The van der Waals surface area contributed by atoms with Crippen molar-refractivity contribution in [3.63, 3.8) is 0 Å². The first-order chi connectivity index (χ1) is 21.6. The van der Waals surface area contributed by atoms with Gasteiger partial charge >= 0.3 is 0 Å². The molecule has 2 aromatic carbocycles. The molecule has 1 aromatic heterocycles. The van der Waals surface area contributed by atoms with Gasteiger partial charge in [0.2, 0.25) is 0 Å². The standard InChI is InChI=1S/C38H50N2O5/c1-8-26-14-18-40(19-15-26)17-9-10-25(2)28-23-34(43-6)36(35(24-28)44-7)39-37(41)32-12-11-30(45-32)20-29-21-31-27(22-33(29)42-5)13-16-38(31,3)4/h8,11-12,21-24,37,39,41H,2,9-10,13-20H2,1,3-7H3. The van der Waals surface area contributed by atoms with Crippen LogP contribution in [0.15, 0.2) is 59.0 Å². The smallest absolute Gasteiger partial charge is 0.184 e. The van der Waals surface area contributed by atoms with Crippen molar-refractivity contribution in [1.82, 2.24) is 4.90 Å². The highest BCUT2D eigenvalue weighted by atomic mass is 16.5. The van der Waals surface area contributed by atoms with Crippen molar-refractivity contribution in [3.05, 3.63) is 88.4 Å². The fourth-order valence-corrected chi connectivity index (χ4v) is 6.72. The molecular weight excluding hydrogens is 564 g/mol. The minimum atomic E-state index is -1.11. The Kier molecular flexibility index (Phi) is 10.3. The van der Waals surface area contributed by atoms with Gasteiger partial charge in [-0.1, -0.05) is 38.1 Å². The topological polar surface area (TPSA) is 76.3 Å². The van der Waals surface area contributed by atoms with Crippen LogP contribution in [-0.4, -0.2) is 51.0 Å². The number of aliphatic hydroxyl groups excluding tert-OH is 1. The molecule has 1 saturated heterocycles. The predicted molar refractivity (Wildman–Crippen MR) is 182 cm³/mol. The number of anilines is 1. The van der Waals surface area contributed by atoms with E-state index in [1.807, 2.05) is 18.2 Å². The molecule has 0 saturated carbocycles. The van der Waals surface area contributed by atoms with Crippen LogP contribution in [0.3, 0.4) is 0 Å². The lowest BCUT2D eigenvalue weighted by molar-refractivity contribution is 0.175. The highest BCUT2D eigenvalue weighted by Crippen LogP contribution is 2.43. The Morgan fingerprint density at radius 2 is 1.71 bits per heavy atom. The molecule has 2 aliphatic rings. The zero-order chi connectivity index (χ0) is 32.1. The molecule has 2 N–H and O–H groups in total. The van der Waals surface area contributed by atoms with Crippen LogP contribution in [-0.2, 0) is 18.3 Å². The SMILES string of the molecule is C=C(CCCN1CCC(=CC)CC1)c1cc(OC)c(NC(O)c2ccc(Cc3cc4c(cc3OC)CCC4(C)C)o2)c(OC)c1. The number of likely N-dealkylation sites (tertiary alicyclic amines) is 1. The number of benzene rings is 2. The largest absolute Gasteiger partial charge is 0.496 e. The first-order valence-electron chi connectivity index (χ1n) is 16.2. The second kappa shape index (κ2) is 14.2. The van der Waals surface area contributed by atoms with Gasteiger partial charge in [0, 0.05) is 25.1 Å². The first-order valence-corrected chi connectivity index (χ1v) is 16.2. The van der Waals surface area contributed by atoms with Crippen molar-refractivity contribution in [1.29, 1.82) is 0 Å². The molecule has 242 valence electrons. The van der Waals surface area contributed by atoms with E-state index in [1.54, 1.807) is 33.0 Å². The van der Waals surface area contributed by atoms with Crippen LogP contribution in [0, 0.1) is 0 Å². The highest BCUT2D eigenvalue weighted by Gasteiger charge is 2.31. The molecule has 2 heterocycles. The summed E-state index contributed by atoms with van der Waals surface area (Å²) in [5.74, 6) is 3.15. The Morgan fingerprint density at radius 1 is 1.02 bits per heavy atom. The minimum Gasteiger partial charge on any atom is -0.496 e. The summed E-state index contributed by atoms with van der Waals surface area (Å²) in [5, 5.41) is 14.3. The number of aryl methyl sites for hydroxylation is 1. The van der Waals surface area contributed by atoms with Crippen LogP contribution in [0.4, 0.5) is 5.69 Å². The molecule has 0 amide bonds. The number of allylic oxidation sites excluding steroid dienone is 2. The summed E-state index contributed by atoms with van der Waals surface area (Å²) in [5.41, 5.74) is 8.08. The first kappa shape index (κ1) is 32.7. The Labute approximate surface area is 268 Å². The van der Waals surface area contributed by atoms with Crippen molar-refractivity contribution in [3.8, 4) is 17.2 Å². The fraction of sp³-hybridized carbons (Fsp3) is 0.474. The Hall–Kier alpha value is -3.68. The van der Waals surface area contributed by atoms with E-state index in [0.29, 0.717) is 29.4 Å². The Morgan fingerprint density at radius 3 is 2.36 bits per heavy atom. The molecule has 7 heteroatoms. The monoisotopic (exact) mass is 614 g/mol. The van der Waals surface area contributed by atoms with Gasteiger partial charge in [0.15, 0.2) is 12.0 Å². The molecular formula is C38H50N2O5. The van der Waals surface area contributed by atoms with E-state index < -0.39 is 6.23 Å². The fourth-order valence-electron chi connectivity index (χ4n) is 6.72. The zero-order valence-corrected chi connectivity index (χ0v) is 27.9. The third-order valence-corrected chi connectivity index (χ3v) is 9.63. The summed E-state index contributed by atoms with van der Waals surface area (Å²) in [7, 11) is 4.94. The number of piperidine rings is 1. The third-order valence-electron chi connectivity index (χ3n) is 9.63. The van der Waals surface area contributed by atoms with Gasteiger partial charge in [-0.3, -0.25) is 0 Å². The lowest BCUT2D eigenvalue weighted by Crippen LogP contribution is -2.31. The number of hydrogen-bond acceptors (Lipinski definition) is 7. The normalized spacial score (nSPS) is 16.6. The molecule has 1 aliphatic heterocycles. The van der Waals surface area contributed by atoms with Gasteiger partial charge in [-0.15, -0.1) is 0 Å². The average molecular weight is 615 g/mol. The Bertz CT molecular complexity index is 1500. The molecule has 0 bridgehead atoms.